The van der Waals surface area contributed by atoms with Crippen molar-refractivity contribution < 1.29 is 0 Å². The van der Waals surface area contributed by atoms with E-state index in [1.54, 1.807) is 0 Å². The molecule has 0 atom stereocenters. The first-order valence-corrected chi connectivity index (χ1v) is 6.93. The van der Waals surface area contributed by atoms with E-state index in [9.17, 15) is 0 Å². The Bertz CT molecular complexity index is 369. The van der Waals surface area contributed by atoms with Crippen LogP contribution in [0.1, 0.15) is 46.6 Å². The van der Waals surface area contributed by atoms with Crippen molar-refractivity contribution in [2.75, 3.05) is 11.9 Å². The van der Waals surface area contributed by atoms with Gasteiger partial charge in [-0.3, -0.25) is 0 Å². The molecule has 0 amide bonds. The summed E-state index contributed by atoms with van der Waals surface area (Å²) in [6.07, 6.45) is 1.13. The highest BCUT2D eigenvalue weighted by Crippen LogP contribution is 2.27. The summed E-state index contributed by atoms with van der Waals surface area (Å²) in [5.41, 5.74) is 2.89. The van der Waals surface area contributed by atoms with E-state index < -0.39 is 0 Å². The molecule has 102 valence electrons. The number of benzene rings is 1. The first-order valence-electron chi connectivity index (χ1n) is 6.93. The van der Waals surface area contributed by atoms with Crippen molar-refractivity contribution in [2.24, 2.45) is 0 Å². The van der Waals surface area contributed by atoms with Gasteiger partial charge in [0.2, 0.25) is 0 Å². The maximum Gasteiger partial charge on any atom is 0.0413 e. The van der Waals surface area contributed by atoms with Crippen LogP contribution in [0.25, 0.3) is 0 Å². The van der Waals surface area contributed by atoms with Gasteiger partial charge in [-0.1, -0.05) is 39.0 Å². The molecule has 0 aliphatic rings. The summed E-state index contributed by atoms with van der Waals surface area (Å²) < 4.78 is 0. The monoisotopic (exact) mass is 248 g/mol. The van der Waals surface area contributed by atoms with E-state index in [2.05, 4.69) is 76.1 Å². The van der Waals surface area contributed by atoms with Crippen molar-refractivity contribution in [2.45, 2.75) is 59.2 Å². The molecule has 1 aromatic rings. The van der Waals surface area contributed by atoms with Crippen LogP contribution >= 0.6 is 0 Å². The fourth-order valence-electron chi connectivity index (χ4n) is 1.86. The van der Waals surface area contributed by atoms with Crippen LogP contribution in [0.5, 0.6) is 0 Å². The molecule has 0 heterocycles. The van der Waals surface area contributed by atoms with Gasteiger partial charge >= 0.3 is 0 Å². The zero-order chi connectivity index (χ0) is 13.8. The van der Waals surface area contributed by atoms with Gasteiger partial charge in [0.1, 0.15) is 0 Å². The second kappa shape index (κ2) is 6.24. The van der Waals surface area contributed by atoms with Crippen molar-refractivity contribution in [1.82, 2.24) is 5.32 Å². The van der Waals surface area contributed by atoms with Crippen LogP contribution < -0.4 is 10.2 Å². The number of hydrogen-bond donors (Lipinski definition) is 1. The molecule has 1 aromatic carbocycles. The fourth-order valence-corrected chi connectivity index (χ4v) is 1.86. The molecule has 0 aliphatic carbocycles. The Labute approximate surface area is 112 Å². The largest absolute Gasteiger partial charge is 0.369 e. The molecule has 0 spiro atoms. The van der Waals surface area contributed by atoms with Crippen LogP contribution in [0.3, 0.4) is 0 Å². The number of anilines is 1. The Morgan fingerprint density at radius 3 is 2.39 bits per heavy atom. The maximum atomic E-state index is 3.50. The minimum absolute atomic E-state index is 0.188. The SMILES string of the molecule is CCC(C)(C)N(C)c1ccccc1CNC(C)C. The second-order valence-electron chi connectivity index (χ2n) is 5.89. The number of nitrogens with zero attached hydrogens (tertiary/aromatic N) is 1. The fraction of sp³-hybridized carbons (Fsp3) is 0.625. The van der Waals surface area contributed by atoms with E-state index in [1.807, 2.05) is 0 Å². The Morgan fingerprint density at radius 2 is 1.83 bits per heavy atom. The predicted octanol–water partition coefficient (Wildman–Crippen LogP) is 3.81. The van der Waals surface area contributed by atoms with Crippen molar-refractivity contribution in [3.8, 4) is 0 Å². The highest BCUT2D eigenvalue weighted by molar-refractivity contribution is 5.54. The van der Waals surface area contributed by atoms with Gasteiger partial charge in [0.15, 0.2) is 0 Å². The van der Waals surface area contributed by atoms with Crippen LogP contribution in [-0.4, -0.2) is 18.6 Å². The van der Waals surface area contributed by atoms with Gasteiger partial charge in [-0.15, -0.1) is 0 Å². The molecule has 0 aliphatic heterocycles. The predicted molar refractivity (Wildman–Crippen MR) is 81.2 cm³/mol. The van der Waals surface area contributed by atoms with Crippen LogP contribution in [0.2, 0.25) is 0 Å². The maximum absolute atomic E-state index is 3.50. The zero-order valence-electron chi connectivity index (χ0n) is 12.7. The van der Waals surface area contributed by atoms with Crippen LogP contribution in [0.4, 0.5) is 5.69 Å². The summed E-state index contributed by atoms with van der Waals surface area (Å²) in [7, 11) is 2.19. The highest BCUT2D eigenvalue weighted by atomic mass is 15.2. The van der Waals surface area contributed by atoms with Gasteiger partial charge in [-0.2, -0.15) is 0 Å². The Kier molecular flexibility index (Phi) is 5.21. The quantitative estimate of drug-likeness (QED) is 0.823. The Hall–Kier alpha value is -1.02. The first-order chi connectivity index (χ1) is 8.38. The normalized spacial score (nSPS) is 11.9. The average Bonchev–Trinajstić information content (AvgIpc) is 2.35. The number of hydrogen-bond acceptors (Lipinski definition) is 2. The summed E-state index contributed by atoms with van der Waals surface area (Å²) in [4.78, 5) is 2.39. The zero-order valence-corrected chi connectivity index (χ0v) is 12.7. The third kappa shape index (κ3) is 3.74. The van der Waals surface area contributed by atoms with Crippen LogP contribution in [0.15, 0.2) is 24.3 Å². The van der Waals surface area contributed by atoms with Gasteiger partial charge in [0.25, 0.3) is 0 Å². The highest BCUT2D eigenvalue weighted by Gasteiger charge is 2.22. The summed E-state index contributed by atoms with van der Waals surface area (Å²) in [6.45, 7) is 12.1. The van der Waals surface area contributed by atoms with E-state index in [0.717, 1.165) is 13.0 Å². The molecular formula is C16H28N2. The van der Waals surface area contributed by atoms with Gasteiger partial charge in [0.05, 0.1) is 0 Å². The number of nitrogens with one attached hydrogen (secondary N) is 1. The standard InChI is InChI=1S/C16H28N2/c1-7-16(4,5)18(6)15-11-9-8-10-14(15)12-17-13(2)3/h8-11,13,17H,7,12H2,1-6H3. The van der Waals surface area contributed by atoms with E-state index in [0.29, 0.717) is 6.04 Å². The third-order valence-electron chi connectivity index (χ3n) is 3.83. The van der Waals surface area contributed by atoms with Gasteiger partial charge in [-0.25, -0.2) is 0 Å². The molecule has 1 N–H and O–H groups in total. The van der Waals surface area contributed by atoms with Crippen molar-refractivity contribution in [1.29, 1.82) is 0 Å². The summed E-state index contributed by atoms with van der Waals surface area (Å²) in [5.74, 6) is 0. The Balaban J connectivity index is 2.94. The van der Waals surface area contributed by atoms with Gasteiger partial charge in [0, 0.05) is 30.9 Å². The van der Waals surface area contributed by atoms with Gasteiger partial charge in [-0.05, 0) is 31.9 Å². The molecule has 18 heavy (non-hydrogen) atoms. The van der Waals surface area contributed by atoms with E-state index >= 15 is 0 Å². The number of rotatable bonds is 6. The molecule has 0 unspecified atom stereocenters. The lowest BCUT2D eigenvalue weighted by Gasteiger charge is -2.38. The second-order valence-corrected chi connectivity index (χ2v) is 5.89. The molecule has 0 saturated carbocycles. The van der Waals surface area contributed by atoms with Crippen molar-refractivity contribution in [3.05, 3.63) is 29.8 Å². The topological polar surface area (TPSA) is 15.3 Å². The van der Waals surface area contributed by atoms with Crippen molar-refractivity contribution in [3.63, 3.8) is 0 Å². The van der Waals surface area contributed by atoms with E-state index in [4.69, 9.17) is 0 Å². The molecule has 0 saturated heterocycles. The molecule has 0 fully saturated rings. The van der Waals surface area contributed by atoms with Crippen LogP contribution in [-0.2, 0) is 6.54 Å². The van der Waals surface area contributed by atoms with Crippen molar-refractivity contribution >= 4 is 5.69 Å². The molecule has 0 radical (unpaired) electrons. The molecule has 0 bridgehead atoms. The Morgan fingerprint density at radius 1 is 1.22 bits per heavy atom. The van der Waals surface area contributed by atoms with Crippen LogP contribution in [0, 0.1) is 0 Å². The summed E-state index contributed by atoms with van der Waals surface area (Å²) in [5, 5.41) is 3.50. The molecular weight excluding hydrogens is 220 g/mol. The molecule has 2 nitrogen and oxygen atoms in total. The first kappa shape index (κ1) is 15.0. The molecule has 2 heteroatoms. The smallest absolute Gasteiger partial charge is 0.0413 e. The summed E-state index contributed by atoms with van der Waals surface area (Å²) in [6, 6.07) is 9.19. The molecule has 0 aromatic heterocycles. The van der Waals surface area contributed by atoms with E-state index in [-0.39, 0.29) is 5.54 Å². The lowest BCUT2D eigenvalue weighted by Crippen LogP contribution is -2.41. The lowest BCUT2D eigenvalue weighted by atomic mass is 9.98. The van der Waals surface area contributed by atoms with Gasteiger partial charge < -0.3 is 10.2 Å². The average molecular weight is 248 g/mol. The van der Waals surface area contributed by atoms with E-state index in [1.165, 1.54) is 11.3 Å². The minimum Gasteiger partial charge on any atom is -0.369 e. The number of para-hydroxylation sites is 1. The minimum atomic E-state index is 0.188. The summed E-state index contributed by atoms with van der Waals surface area (Å²) >= 11 is 0. The third-order valence-corrected chi connectivity index (χ3v) is 3.83. The molecule has 1 rings (SSSR count). The lowest BCUT2D eigenvalue weighted by molar-refractivity contribution is 0.468.